The molecule has 0 atom stereocenters. The van der Waals surface area contributed by atoms with Gasteiger partial charge < -0.3 is 5.11 Å². The molecule has 1 aromatic heterocycles. The number of halogens is 1. The van der Waals surface area contributed by atoms with Gasteiger partial charge in [-0.15, -0.1) is 0 Å². The maximum Gasteiger partial charge on any atom is 0.328 e. The highest BCUT2D eigenvalue weighted by molar-refractivity contribution is 5.90. The van der Waals surface area contributed by atoms with E-state index in [4.69, 9.17) is 5.11 Å². The van der Waals surface area contributed by atoms with Gasteiger partial charge in [-0.05, 0) is 44.0 Å². The van der Waals surface area contributed by atoms with E-state index in [9.17, 15) is 9.18 Å². The minimum absolute atomic E-state index is 0.346. The number of hydrogen-bond acceptors (Lipinski definition) is 2. The summed E-state index contributed by atoms with van der Waals surface area (Å²) in [4.78, 5) is 10.8. The first-order valence-corrected chi connectivity index (χ1v) is 6.53. The minimum atomic E-state index is -1.02. The van der Waals surface area contributed by atoms with Gasteiger partial charge in [-0.25, -0.2) is 9.18 Å². The van der Waals surface area contributed by atoms with Crippen LogP contribution in [0, 0.1) is 19.7 Å². The third kappa shape index (κ3) is 2.86. The van der Waals surface area contributed by atoms with Crippen LogP contribution in [0.3, 0.4) is 0 Å². The van der Waals surface area contributed by atoms with Crippen molar-refractivity contribution in [2.75, 3.05) is 0 Å². The molecule has 0 radical (unpaired) electrons. The zero-order valence-corrected chi connectivity index (χ0v) is 12.4. The Morgan fingerprint density at radius 1 is 1.38 bits per heavy atom. The number of carboxylic acid groups (broad SMARTS) is 1. The summed E-state index contributed by atoms with van der Waals surface area (Å²) in [5.41, 5.74) is 4.04. The van der Waals surface area contributed by atoms with Gasteiger partial charge in [0, 0.05) is 29.9 Å². The monoisotopic (exact) mass is 288 g/mol. The third-order valence-electron chi connectivity index (χ3n) is 3.54. The molecular weight excluding hydrogens is 271 g/mol. The van der Waals surface area contributed by atoms with E-state index >= 15 is 0 Å². The molecule has 5 heteroatoms. The third-order valence-corrected chi connectivity index (χ3v) is 3.54. The number of carboxylic acids is 1. The van der Waals surface area contributed by atoms with Crippen molar-refractivity contribution in [2.45, 2.75) is 20.8 Å². The number of carbonyl (C=O) groups is 1. The molecule has 0 aliphatic rings. The largest absolute Gasteiger partial charge is 0.478 e. The fraction of sp³-hybridized carbons (Fsp3) is 0.250. The van der Waals surface area contributed by atoms with Gasteiger partial charge in [-0.2, -0.15) is 5.10 Å². The predicted octanol–water partition coefficient (Wildman–Crippen LogP) is 3.33. The molecule has 0 saturated carbocycles. The van der Waals surface area contributed by atoms with Gasteiger partial charge in [0.15, 0.2) is 0 Å². The molecule has 1 aromatic carbocycles. The summed E-state index contributed by atoms with van der Waals surface area (Å²) in [6, 6.07) is 4.60. The molecular formula is C16H17FN2O2. The summed E-state index contributed by atoms with van der Waals surface area (Å²) in [7, 11) is 1.81. The summed E-state index contributed by atoms with van der Waals surface area (Å²) >= 11 is 0. The second kappa shape index (κ2) is 5.52. The molecule has 0 unspecified atom stereocenters. The summed E-state index contributed by atoms with van der Waals surface area (Å²) in [6.07, 6.45) is 1.11. The van der Waals surface area contributed by atoms with Crippen molar-refractivity contribution in [3.8, 4) is 11.1 Å². The highest BCUT2D eigenvalue weighted by atomic mass is 19.1. The van der Waals surface area contributed by atoms with Crippen molar-refractivity contribution in [2.24, 2.45) is 7.05 Å². The van der Waals surface area contributed by atoms with E-state index in [0.717, 1.165) is 23.0 Å². The van der Waals surface area contributed by atoms with Crippen molar-refractivity contribution in [3.63, 3.8) is 0 Å². The molecule has 2 rings (SSSR count). The van der Waals surface area contributed by atoms with Crippen LogP contribution in [0.1, 0.15) is 23.9 Å². The van der Waals surface area contributed by atoms with Crippen molar-refractivity contribution in [1.29, 1.82) is 0 Å². The first kappa shape index (κ1) is 15.0. The Bertz CT molecular complexity index is 745. The number of rotatable bonds is 3. The molecule has 0 spiro atoms. The van der Waals surface area contributed by atoms with E-state index < -0.39 is 5.97 Å². The zero-order chi connectivity index (χ0) is 15.7. The molecule has 0 fully saturated rings. The van der Waals surface area contributed by atoms with Crippen LogP contribution in [-0.4, -0.2) is 20.9 Å². The van der Waals surface area contributed by atoms with Crippen LogP contribution in [0.5, 0.6) is 0 Å². The molecule has 1 heterocycles. The Morgan fingerprint density at radius 2 is 2.05 bits per heavy atom. The minimum Gasteiger partial charge on any atom is -0.478 e. The maximum atomic E-state index is 14.2. The Labute approximate surface area is 122 Å². The van der Waals surface area contributed by atoms with Gasteiger partial charge >= 0.3 is 5.97 Å². The molecule has 4 nitrogen and oxygen atoms in total. The summed E-state index contributed by atoms with van der Waals surface area (Å²) in [5.74, 6) is -1.37. The van der Waals surface area contributed by atoms with Gasteiger partial charge in [0.1, 0.15) is 5.82 Å². The van der Waals surface area contributed by atoms with Crippen molar-refractivity contribution < 1.29 is 14.3 Å². The van der Waals surface area contributed by atoms with Crippen LogP contribution in [0.4, 0.5) is 4.39 Å². The van der Waals surface area contributed by atoms with Crippen LogP contribution in [-0.2, 0) is 11.8 Å². The Hall–Kier alpha value is -2.43. The van der Waals surface area contributed by atoms with E-state index in [-0.39, 0.29) is 5.82 Å². The zero-order valence-electron chi connectivity index (χ0n) is 12.4. The van der Waals surface area contributed by atoms with Crippen LogP contribution < -0.4 is 0 Å². The smallest absolute Gasteiger partial charge is 0.328 e. The van der Waals surface area contributed by atoms with E-state index in [2.05, 4.69) is 5.10 Å². The van der Waals surface area contributed by atoms with Crippen molar-refractivity contribution in [1.82, 2.24) is 9.78 Å². The van der Waals surface area contributed by atoms with Crippen LogP contribution in [0.25, 0.3) is 16.7 Å². The lowest BCUT2D eigenvalue weighted by Gasteiger charge is -2.08. The topological polar surface area (TPSA) is 55.1 Å². The molecule has 0 bridgehead atoms. The van der Waals surface area contributed by atoms with Gasteiger partial charge in [0.25, 0.3) is 0 Å². The lowest BCUT2D eigenvalue weighted by atomic mass is 9.98. The van der Waals surface area contributed by atoms with Crippen LogP contribution in [0.2, 0.25) is 0 Å². The number of aliphatic carboxylic acids is 1. The Morgan fingerprint density at radius 3 is 2.57 bits per heavy atom. The molecule has 0 aliphatic carbocycles. The van der Waals surface area contributed by atoms with E-state index in [0.29, 0.717) is 16.7 Å². The lowest BCUT2D eigenvalue weighted by molar-refractivity contribution is -0.131. The number of allylic oxidation sites excluding steroid dienone is 1. The number of aryl methyl sites for hydroxylation is 2. The van der Waals surface area contributed by atoms with E-state index in [1.165, 1.54) is 6.07 Å². The maximum absolute atomic E-state index is 14.2. The molecule has 0 aliphatic heterocycles. The molecule has 21 heavy (non-hydrogen) atoms. The van der Waals surface area contributed by atoms with Gasteiger partial charge in [-0.1, -0.05) is 6.07 Å². The average molecular weight is 288 g/mol. The fourth-order valence-corrected chi connectivity index (χ4v) is 2.39. The van der Waals surface area contributed by atoms with Crippen molar-refractivity contribution >= 4 is 11.5 Å². The normalized spacial score (nSPS) is 11.8. The summed E-state index contributed by atoms with van der Waals surface area (Å²) < 4.78 is 15.9. The number of aromatic nitrogens is 2. The molecule has 1 N–H and O–H groups in total. The standard InChI is InChI=1S/C16H17FN2O2/c1-9(7-15(20)21)12-5-6-14(17)13(8-12)16-10(2)18-19(4)11(16)3/h5-8H,1-4H3,(H,20,21)/b9-7+. The van der Waals surface area contributed by atoms with Gasteiger partial charge in [-0.3, -0.25) is 4.68 Å². The first-order chi connectivity index (χ1) is 9.81. The van der Waals surface area contributed by atoms with Gasteiger partial charge in [0.2, 0.25) is 0 Å². The van der Waals surface area contributed by atoms with Crippen LogP contribution in [0.15, 0.2) is 24.3 Å². The summed E-state index contributed by atoms with van der Waals surface area (Å²) in [5, 5.41) is 13.1. The van der Waals surface area contributed by atoms with Crippen LogP contribution >= 0.6 is 0 Å². The highest BCUT2D eigenvalue weighted by Crippen LogP contribution is 2.31. The quantitative estimate of drug-likeness (QED) is 0.881. The summed E-state index contributed by atoms with van der Waals surface area (Å²) in [6.45, 7) is 5.39. The average Bonchev–Trinajstić information content (AvgIpc) is 2.63. The number of nitrogens with zero attached hydrogens (tertiary/aromatic N) is 2. The lowest BCUT2D eigenvalue weighted by Crippen LogP contribution is -1.95. The number of benzene rings is 1. The van der Waals surface area contributed by atoms with E-state index in [1.807, 2.05) is 20.9 Å². The SMILES string of the molecule is C/C(=C\C(=O)O)c1ccc(F)c(-c2c(C)nn(C)c2C)c1. The number of hydrogen-bond donors (Lipinski definition) is 1. The molecule has 110 valence electrons. The second-order valence-electron chi connectivity index (χ2n) is 5.03. The molecule has 2 aromatic rings. The van der Waals surface area contributed by atoms with Gasteiger partial charge in [0.05, 0.1) is 5.69 Å². The molecule has 0 amide bonds. The highest BCUT2D eigenvalue weighted by Gasteiger charge is 2.16. The Balaban J connectivity index is 2.62. The fourth-order valence-electron chi connectivity index (χ4n) is 2.39. The first-order valence-electron chi connectivity index (χ1n) is 6.53. The second-order valence-corrected chi connectivity index (χ2v) is 5.03. The predicted molar refractivity (Wildman–Crippen MR) is 79.4 cm³/mol. The van der Waals surface area contributed by atoms with E-state index in [1.54, 1.807) is 23.7 Å². The Kier molecular flexibility index (Phi) is 3.93. The van der Waals surface area contributed by atoms with Crippen molar-refractivity contribution in [3.05, 3.63) is 47.0 Å². The molecule has 0 saturated heterocycles.